The van der Waals surface area contributed by atoms with Gasteiger partial charge in [0.2, 0.25) is 0 Å². The second-order valence-electron chi connectivity index (χ2n) is 18.4. The second kappa shape index (κ2) is 50.9. The Morgan fingerprint density at radius 2 is 0.797 bits per heavy atom. The SMILES string of the molecule is CCCCCCCCCCCCCCCC/C=C/CC/C=C/CCCC(=O)O[C@H](COC(=O)CCCCCCCCCCCCCCCCCCCCCC)COP(=O)(O)OCCN. The van der Waals surface area contributed by atoms with E-state index in [4.69, 9.17) is 24.3 Å². The van der Waals surface area contributed by atoms with Gasteiger partial charge < -0.3 is 20.1 Å². The van der Waals surface area contributed by atoms with Crippen LogP contribution >= 0.6 is 7.82 Å². The van der Waals surface area contributed by atoms with E-state index in [0.717, 1.165) is 44.9 Å². The van der Waals surface area contributed by atoms with Gasteiger partial charge in [-0.2, -0.15) is 0 Å². The van der Waals surface area contributed by atoms with Gasteiger partial charge >= 0.3 is 19.8 Å². The van der Waals surface area contributed by atoms with E-state index in [-0.39, 0.29) is 38.6 Å². The number of carbonyl (C=O) groups excluding carboxylic acids is 2. The first-order chi connectivity index (χ1) is 31.3. The van der Waals surface area contributed by atoms with E-state index >= 15 is 0 Å². The van der Waals surface area contributed by atoms with Gasteiger partial charge in [-0.15, -0.1) is 0 Å². The summed E-state index contributed by atoms with van der Waals surface area (Å²) in [5, 5.41) is 0. The Balaban J connectivity index is 4.03. The molecule has 10 heteroatoms. The van der Waals surface area contributed by atoms with Gasteiger partial charge in [-0.3, -0.25) is 18.6 Å². The predicted octanol–water partition coefficient (Wildman–Crippen LogP) is 16.7. The van der Waals surface area contributed by atoms with Gasteiger partial charge in [0.1, 0.15) is 6.61 Å². The lowest BCUT2D eigenvalue weighted by molar-refractivity contribution is -0.161. The Morgan fingerprint density at radius 1 is 0.453 bits per heavy atom. The van der Waals surface area contributed by atoms with Crippen LogP contribution in [-0.4, -0.2) is 49.3 Å². The zero-order valence-corrected chi connectivity index (χ0v) is 42.9. The third-order valence-corrected chi connectivity index (χ3v) is 13.1. The third kappa shape index (κ3) is 49.9. The van der Waals surface area contributed by atoms with E-state index in [1.807, 2.05) is 0 Å². The van der Waals surface area contributed by atoms with Crippen molar-refractivity contribution in [2.45, 2.75) is 283 Å². The van der Waals surface area contributed by atoms with Crippen molar-refractivity contribution in [1.82, 2.24) is 0 Å². The summed E-state index contributed by atoms with van der Waals surface area (Å²) < 4.78 is 32.9. The van der Waals surface area contributed by atoms with Crippen molar-refractivity contribution >= 4 is 19.8 Å². The van der Waals surface area contributed by atoms with E-state index in [9.17, 15) is 19.0 Å². The Kier molecular flexibility index (Phi) is 49.7. The molecule has 1 unspecified atom stereocenters. The summed E-state index contributed by atoms with van der Waals surface area (Å²) in [6, 6.07) is 0. The Labute approximate surface area is 395 Å². The molecule has 0 radical (unpaired) electrons. The Hall–Kier alpha value is -1.51. The molecule has 0 aliphatic heterocycles. The molecule has 3 N–H and O–H groups in total. The topological polar surface area (TPSA) is 134 Å². The molecule has 0 rings (SSSR count). The summed E-state index contributed by atoms with van der Waals surface area (Å²) in [4.78, 5) is 35.1. The van der Waals surface area contributed by atoms with Crippen molar-refractivity contribution < 1.29 is 37.6 Å². The van der Waals surface area contributed by atoms with Gasteiger partial charge in [-0.1, -0.05) is 244 Å². The van der Waals surface area contributed by atoms with E-state index in [1.165, 1.54) is 199 Å². The maximum absolute atomic E-state index is 12.6. The summed E-state index contributed by atoms with van der Waals surface area (Å²) in [5.41, 5.74) is 5.37. The molecule has 9 nitrogen and oxygen atoms in total. The minimum Gasteiger partial charge on any atom is -0.462 e. The number of unbranched alkanes of at least 4 members (excludes halogenated alkanes) is 35. The van der Waals surface area contributed by atoms with E-state index < -0.39 is 26.5 Å². The Bertz CT molecular complexity index is 1100. The molecule has 0 aliphatic carbocycles. The summed E-state index contributed by atoms with van der Waals surface area (Å²) in [6.45, 7) is 3.75. The van der Waals surface area contributed by atoms with Crippen molar-refractivity contribution in [1.29, 1.82) is 0 Å². The van der Waals surface area contributed by atoms with Gasteiger partial charge in [0.15, 0.2) is 6.10 Å². The molecule has 0 spiro atoms. The van der Waals surface area contributed by atoms with Crippen LogP contribution in [0, 0.1) is 0 Å². The number of hydrogen-bond acceptors (Lipinski definition) is 8. The number of phosphoric ester groups is 1. The molecule has 0 aromatic rings. The predicted molar refractivity (Wildman–Crippen MR) is 271 cm³/mol. The fourth-order valence-electron chi connectivity index (χ4n) is 8.01. The largest absolute Gasteiger partial charge is 0.472 e. The number of nitrogens with two attached hydrogens (primary N) is 1. The molecule has 0 aliphatic rings. The summed E-state index contributed by atoms with van der Waals surface area (Å²) in [7, 11) is -4.39. The van der Waals surface area contributed by atoms with Gasteiger partial charge in [0, 0.05) is 19.4 Å². The molecule has 0 saturated carbocycles. The lowest BCUT2D eigenvalue weighted by atomic mass is 10.0. The average Bonchev–Trinajstić information content (AvgIpc) is 3.28. The summed E-state index contributed by atoms with van der Waals surface area (Å²) >= 11 is 0. The molecule has 0 bridgehead atoms. The fourth-order valence-corrected chi connectivity index (χ4v) is 8.78. The highest BCUT2D eigenvalue weighted by molar-refractivity contribution is 7.47. The van der Waals surface area contributed by atoms with Gasteiger partial charge in [-0.25, -0.2) is 4.57 Å². The van der Waals surface area contributed by atoms with Crippen LogP contribution in [0.2, 0.25) is 0 Å². The van der Waals surface area contributed by atoms with Crippen LogP contribution in [0.15, 0.2) is 24.3 Å². The van der Waals surface area contributed by atoms with Crippen LogP contribution in [0.25, 0.3) is 0 Å². The van der Waals surface area contributed by atoms with Crippen molar-refractivity contribution in [3.63, 3.8) is 0 Å². The van der Waals surface area contributed by atoms with E-state index in [1.54, 1.807) is 0 Å². The smallest absolute Gasteiger partial charge is 0.462 e. The number of carbonyl (C=O) groups is 2. The van der Waals surface area contributed by atoms with Crippen LogP contribution in [-0.2, 0) is 32.7 Å². The maximum atomic E-state index is 12.6. The standard InChI is InChI=1S/C54H104NO8P/c1-3-5-7-9-11-13-15-17-19-21-23-25-26-27-29-31-33-35-37-39-41-43-45-47-54(57)63-52(51-62-64(58,59)61-49-48-55)50-60-53(56)46-44-42-40-38-36-34-32-30-28-24-22-20-18-16-14-12-10-8-6-4-2/h31,33,39,41,52H,3-30,32,34-38,40,42-51,55H2,1-2H3,(H,58,59)/b33-31+,41-39+/t52-/m1/s1. The monoisotopic (exact) mass is 926 g/mol. The zero-order chi connectivity index (χ0) is 46.7. The molecule has 0 heterocycles. The maximum Gasteiger partial charge on any atom is 0.472 e. The fraction of sp³-hybridized carbons (Fsp3) is 0.889. The molecule has 0 amide bonds. The molecular weight excluding hydrogens is 822 g/mol. The number of rotatable bonds is 52. The molecule has 378 valence electrons. The lowest BCUT2D eigenvalue weighted by Gasteiger charge is -2.19. The minimum absolute atomic E-state index is 0.0498. The van der Waals surface area contributed by atoms with Crippen molar-refractivity contribution in [3.05, 3.63) is 24.3 Å². The number of allylic oxidation sites excluding steroid dienone is 4. The summed E-state index contributed by atoms with van der Waals surface area (Å²) in [6.07, 6.45) is 58.1. The average molecular weight is 926 g/mol. The van der Waals surface area contributed by atoms with Crippen LogP contribution in [0.1, 0.15) is 277 Å². The molecule has 0 aromatic heterocycles. The number of hydrogen-bond donors (Lipinski definition) is 2. The van der Waals surface area contributed by atoms with Gasteiger partial charge in [0.05, 0.1) is 13.2 Å². The lowest BCUT2D eigenvalue weighted by Crippen LogP contribution is -2.29. The molecular formula is C54H104NO8P. The number of ether oxygens (including phenoxy) is 2. The van der Waals surface area contributed by atoms with Gasteiger partial charge in [0.25, 0.3) is 0 Å². The van der Waals surface area contributed by atoms with E-state index in [2.05, 4.69) is 38.2 Å². The number of phosphoric acid groups is 1. The molecule has 0 aromatic carbocycles. The zero-order valence-electron chi connectivity index (χ0n) is 42.0. The van der Waals surface area contributed by atoms with Crippen LogP contribution in [0.3, 0.4) is 0 Å². The van der Waals surface area contributed by atoms with Crippen LogP contribution < -0.4 is 5.73 Å². The molecule has 64 heavy (non-hydrogen) atoms. The first kappa shape index (κ1) is 62.5. The normalized spacial score (nSPS) is 13.2. The first-order valence-corrected chi connectivity index (χ1v) is 28.8. The van der Waals surface area contributed by atoms with E-state index in [0.29, 0.717) is 6.42 Å². The highest BCUT2D eigenvalue weighted by Gasteiger charge is 2.26. The Morgan fingerprint density at radius 3 is 1.20 bits per heavy atom. The van der Waals surface area contributed by atoms with Crippen LogP contribution in [0.4, 0.5) is 0 Å². The molecule has 2 atom stereocenters. The van der Waals surface area contributed by atoms with Crippen LogP contribution in [0.5, 0.6) is 0 Å². The third-order valence-electron chi connectivity index (χ3n) is 12.1. The highest BCUT2D eigenvalue weighted by Crippen LogP contribution is 2.43. The van der Waals surface area contributed by atoms with Crippen molar-refractivity contribution in [2.24, 2.45) is 5.73 Å². The molecule has 0 fully saturated rings. The van der Waals surface area contributed by atoms with Crippen molar-refractivity contribution in [2.75, 3.05) is 26.4 Å². The minimum atomic E-state index is -4.39. The summed E-state index contributed by atoms with van der Waals surface area (Å²) in [5.74, 6) is -0.862. The number of esters is 2. The second-order valence-corrected chi connectivity index (χ2v) is 19.9. The molecule has 0 saturated heterocycles. The first-order valence-electron chi connectivity index (χ1n) is 27.3. The highest BCUT2D eigenvalue weighted by atomic mass is 31.2. The van der Waals surface area contributed by atoms with Crippen molar-refractivity contribution in [3.8, 4) is 0 Å². The van der Waals surface area contributed by atoms with Gasteiger partial charge in [-0.05, 0) is 44.9 Å². The quantitative estimate of drug-likeness (QED) is 0.0265.